The minimum atomic E-state index is -0.349. The van der Waals surface area contributed by atoms with Gasteiger partial charge in [0.2, 0.25) is 5.82 Å². The van der Waals surface area contributed by atoms with Crippen LogP contribution in [0.3, 0.4) is 0 Å². The van der Waals surface area contributed by atoms with Crippen molar-refractivity contribution in [1.29, 1.82) is 0 Å². The third-order valence-corrected chi connectivity index (χ3v) is 4.39. The van der Waals surface area contributed by atoms with Crippen molar-refractivity contribution in [3.63, 3.8) is 0 Å². The van der Waals surface area contributed by atoms with Gasteiger partial charge in [0.15, 0.2) is 5.69 Å². The van der Waals surface area contributed by atoms with Gasteiger partial charge in [-0.25, -0.2) is 9.37 Å². The molecule has 3 rings (SSSR count). The quantitative estimate of drug-likeness (QED) is 0.588. The van der Waals surface area contributed by atoms with E-state index in [4.69, 9.17) is 0 Å². The summed E-state index contributed by atoms with van der Waals surface area (Å²) in [6.07, 6.45) is 4.14. The molecule has 3 aromatic rings. The molecule has 0 saturated heterocycles. The van der Waals surface area contributed by atoms with E-state index in [1.165, 1.54) is 12.1 Å². The van der Waals surface area contributed by atoms with Gasteiger partial charge in [-0.05, 0) is 42.7 Å². The monoisotopic (exact) mass is 382 g/mol. The zero-order chi connectivity index (χ0) is 19.9. The Morgan fingerprint density at radius 3 is 2.54 bits per heavy atom. The van der Waals surface area contributed by atoms with E-state index in [1.807, 2.05) is 6.92 Å². The van der Waals surface area contributed by atoms with Crippen LogP contribution >= 0.6 is 0 Å². The molecule has 2 aromatic heterocycles. The van der Waals surface area contributed by atoms with Gasteiger partial charge in [-0.15, -0.1) is 0 Å². The number of rotatable bonds is 8. The molecule has 0 atom stereocenters. The van der Waals surface area contributed by atoms with Gasteiger partial charge in [-0.2, -0.15) is 0 Å². The molecule has 7 heteroatoms. The van der Waals surface area contributed by atoms with Gasteiger partial charge in [0, 0.05) is 19.3 Å². The number of benzene rings is 1. The zero-order valence-electron chi connectivity index (χ0n) is 15.7. The van der Waals surface area contributed by atoms with Crippen LogP contribution in [-0.2, 0) is 6.42 Å². The second kappa shape index (κ2) is 9.12. The van der Waals surface area contributed by atoms with E-state index in [9.17, 15) is 14.0 Å². The molecule has 2 amide bonds. The maximum absolute atomic E-state index is 13.0. The number of nitrogens with zero attached hydrogens (tertiary/aromatic N) is 2. The van der Waals surface area contributed by atoms with Gasteiger partial charge in [0.25, 0.3) is 11.8 Å². The van der Waals surface area contributed by atoms with Crippen molar-refractivity contribution in [2.75, 3.05) is 13.1 Å². The Morgan fingerprint density at radius 2 is 1.79 bits per heavy atom. The Hall–Kier alpha value is -3.22. The summed E-state index contributed by atoms with van der Waals surface area (Å²) >= 11 is 0. The van der Waals surface area contributed by atoms with Crippen LogP contribution in [0, 0.1) is 5.82 Å². The van der Waals surface area contributed by atoms with E-state index in [1.54, 1.807) is 40.9 Å². The highest BCUT2D eigenvalue weighted by atomic mass is 19.1. The second-order valence-electron chi connectivity index (χ2n) is 6.48. The Labute approximate surface area is 162 Å². The molecule has 0 aliphatic rings. The first-order valence-electron chi connectivity index (χ1n) is 9.38. The van der Waals surface area contributed by atoms with Crippen molar-refractivity contribution in [1.82, 2.24) is 20.0 Å². The summed E-state index contributed by atoms with van der Waals surface area (Å²) in [5, 5.41) is 5.65. The van der Waals surface area contributed by atoms with Crippen LogP contribution < -0.4 is 10.6 Å². The highest BCUT2D eigenvalue weighted by molar-refractivity contribution is 6.02. The molecule has 0 aliphatic carbocycles. The molecule has 0 saturated carbocycles. The van der Waals surface area contributed by atoms with Gasteiger partial charge < -0.3 is 10.6 Å². The molecule has 2 heterocycles. The smallest absolute Gasteiger partial charge is 0.287 e. The zero-order valence-corrected chi connectivity index (χ0v) is 15.7. The minimum absolute atomic E-state index is 0.190. The lowest BCUT2D eigenvalue weighted by molar-refractivity contribution is 0.0942. The summed E-state index contributed by atoms with van der Waals surface area (Å²) in [4.78, 5) is 29.4. The lowest BCUT2D eigenvalue weighted by atomic mass is 10.1. The van der Waals surface area contributed by atoms with Gasteiger partial charge in [-0.3, -0.25) is 14.0 Å². The molecule has 0 bridgehead atoms. The van der Waals surface area contributed by atoms with E-state index in [0.717, 1.165) is 18.4 Å². The maximum atomic E-state index is 13.0. The van der Waals surface area contributed by atoms with Crippen LogP contribution in [0.4, 0.5) is 4.39 Å². The molecule has 28 heavy (non-hydrogen) atoms. The summed E-state index contributed by atoms with van der Waals surface area (Å²) in [6, 6.07) is 11.5. The predicted octanol–water partition coefficient (Wildman–Crippen LogP) is 2.98. The fourth-order valence-electron chi connectivity index (χ4n) is 2.88. The molecule has 6 nitrogen and oxygen atoms in total. The Balaban J connectivity index is 1.71. The number of pyridine rings is 1. The number of hydrogen-bond acceptors (Lipinski definition) is 3. The summed E-state index contributed by atoms with van der Waals surface area (Å²) < 4.78 is 14.6. The van der Waals surface area contributed by atoms with E-state index < -0.39 is 0 Å². The summed E-state index contributed by atoms with van der Waals surface area (Å²) in [5.41, 5.74) is 1.70. The lowest BCUT2D eigenvalue weighted by Gasteiger charge is -2.04. The average molecular weight is 382 g/mol. The fourth-order valence-corrected chi connectivity index (χ4v) is 2.88. The first kappa shape index (κ1) is 19.5. The first-order valence-corrected chi connectivity index (χ1v) is 9.38. The number of nitrogens with one attached hydrogen (secondary N) is 2. The number of imidazole rings is 1. The molecule has 0 aliphatic heterocycles. The number of fused-ring (bicyclic) bond motifs is 1. The van der Waals surface area contributed by atoms with Crippen LogP contribution in [0.25, 0.3) is 5.52 Å². The van der Waals surface area contributed by atoms with Crippen LogP contribution in [0.15, 0.2) is 48.7 Å². The molecule has 0 spiro atoms. The van der Waals surface area contributed by atoms with Crippen molar-refractivity contribution >= 4 is 17.3 Å². The number of carbonyl (C=O) groups excluding carboxylic acids is 2. The summed E-state index contributed by atoms with van der Waals surface area (Å²) in [6.45, 7) is 3.00. The first-order chi connectivity index (χ1) is 13.6. The molecule has 0 fully saturated rings. The molecular weight excluding hydrogens is 359 g/mol. The van der Waals surface area contributed by atoms with Crippen molar-refractivity contribution in [2.45, 2.75) is 26.2 Å². The Bertz CT molecular complexity index is 966. The number of carbonyl (C=O) groups is 2. The van der Waals surface area contributed by atoms with Crippen LogP contribution in [0.2, 0.25) is 0 Å². The third kappa shape index (κ3) is 4.54. The number of hydrogen-bond donors (Lipinski definition) is 2. The van der Waals surface area contributed by atoms with E-state index in [0.29, 0.717) is 25.0 Å². The van der Waals surface area contributed by atoms with E-state index in [-0.39, 0.29) is 29.1 Å². The second-order valence-corrected chi connectivity index (χ2v) is 6.48. The van der Waals surface area contributed by atoms with E-state index >= 15 is 0 Å². The van der Waals surface area contributed by atoms with Crippen molar-refractivity contribution in [2.24, 2.45) is 0 Å². The highest BCUT2D eigenvalue weighted by Gasteiger charge is 2.20. The molecule has 0 unspecified atom stereocenters. The van der Waals surface area contributed by atoms with Crippen LogP contribution in [-0.4, -0.2) is 34.3 Å². The highest BCUT2D eigenvalue weighted by Crippen LogP contribution is 2.13. The van der Waals surface area contributed by atoms with Crippen LogP contribution in [0.1, 0.15) is 46.4 Å². The van der Waals surface area contributed by atoms with E-state index in [2.05, 4.69) is 15.6 Å². The lowest BCUT2D eigenvalue weighted by Crippen LogP contribution is -2.27. The largest absolute Gasteiger partial charge is 0.350 e. The standard InChI is InChI=1S/C21H23FN4O2/c1-2-3-12-23-21(28)19-25-18(17-6-4-5-14-26(17)19)20(27)24-13-11-15-7-9-16(22)10-8-15/h4-10,14H,2-3,11-13H2,1H3,(H,23,28)(H,24,27). The average Bonchev–Trinajstić information content (AvgIpc) is 3.09. The summed E-state index contributed by atoms with van der Waals surface area (Å²) in [7, 11) is 0. The number of unbranched alkanes of at least 4 members (excludes halogenated alkanes) is 1. The van der Waals surface area contributed by atoms with Crippen LogP contribution in [0.5, 0.6) is 0 Å². The molecule has 1 aromatic carbocycles. The predicted molar refractivity (Wildman–Crippen MR) is 105 cm³/mol. The Kier molecular flexibility index (Phi) is 6.37. The molecule has 146 valence electrons. The third-order valence-electron chi connectivity index (χ3n) is 4.39. The fraction of sp³-hybridized carbons (Fsp3) is 0.286. The molecule has 2 N–H and O–H groups in total. The normalized spacial score (nSPS) is 10.8. The SMILES string of the molecule is CCCCNC(=O)c1nc(C(=O)NCCc2ccc(F)cc2)c2ccccn12. The minimum Gasteiger partial charge on any atom is -0.350 e. The molecular formula is C21H23FN4O2. The number of aromatic nitrogens is 2. The number of amides is 2. The molecule has 0 radical (unpaired) electrons. The van der Waals surface area contributed by atoms with Crippen molar-refractivity contribution in [3.8, 4) is 0 Å². The van der Waals surface area contributed by atoms with Crippen molar-refractivity contribution < 1.29 is 14.0 Å². The topological polar surface area (TPSA) is 75.5 Å². The van der Waals surface area contributed by atoms with Gasteiger partial charge in [-0.1, -0.05) is 31.5 Å². The summed E-state index contributed by atoms with van der Waals surface area (Å²) in [5.74, 6) is -0.754. The van der Waals surface area contributed by atoms with Gasteiger partial charge >= 0.3 is 0 Å². The number of halogens is 1. The van der Waals surface area contributed by atoms with Crippen molar-refractivity contribution in [3.05, 3.63) is 71.6 Å². The van der Waals surface area contributed by atoms with Gasteiger partial charge in [0.1, 0.15) is 5.82 Å². The maximum Gasteiger partial charge on any atom is 0.287 e. The Morgan fingerprint density at radius 1 is 1.04 bits per heavy atom. The van der Waals surface area contributed by atoms with Gasteiger partial charge in [0.05, 0.1) is 5.52 Å².